The highest BCUT2D eigenvalue weighted by molar-refractivity contribution is 9.10. The molecule has 0 unspecified atom stereocenters. The fourth-order valence-corrected chi connectivity index (χ4v) is 1.16. The van der Waals surface area contributed by atoms with E-state index in [0.717, 1.165) is 11.0 Å². The molecule has 1 aromatic rings. The lowest BCUT2D eigenvalue weighted by Crippen LogP contribution is -2.03. The molecule has 1 aromatic carbocycles. The zero-order valence-electron chi connectivity index (χ0n) is 7.05. The number of allylic oxidation sites excluding steroid dienone is 1. The van der Waals surface area contributed by atoms with Gasteiger partial charge in [-0.25, -0.2) is 0 Å². The van der Waals surface area contributed by atoms with Gasteiger partial charge in [-0.1, -0.05) is 34.1 Å². The minimum absolute atomic E-state index is 0.887. The Labute approximate surface area is 81.6 Å². The molecular formula is C10H12BrN. The Kier molecular flexibility index (Phi) is 3.88. The molecule has 0 aliphatic carbocycles. The Bertz CT molecular complexity index is 251. The van der Waals surface area contributed by atoms with E-state index in [1.807, 2.05) is 31.3 Å². The molecule has 0 radical (unpaired) electrons. The first-order valence-electron chi connectivity index (χ1n) is 3.92. The Morgan fingerprint density at radius 3 is 2.58 bits per heavy atom. The Hall–Kier alpha value is -0.760. The van der Waals surface area contributed by atoms with E-state index >= 15 is 0 Å². The molecule has 0 bridgehead atoms. The van der Waals surface area contributed by atoms with Crippen LogP contribution in [0.15, 0.2) is 41.0 Å². The van der Waals surface area contributed by atoms with E-state index in [2.05, 4.69) is 33.4 Å². The molecular weight excluding hydrogens is 214 g/mol. The van der Waals surface area contributed by atoms with Gasteiger partial charge in [-0.2, -0.15) is 0 Å². The van der Waals surface area contributed by atoms with Crippen molar-refractivity contribution in [1.82, 2.24) is 5.32 Å². The van der Waals surface area contributed by atoms with Gasteiger partial charge in [-0.05, 0) is 30.8 Å². The van der Waals surface area contributed by atoms with Crippen molar-refractivity contribution in [2.75, 3.05) is 0 Å². The third kappa shape index (κ3) is 3.09. The van der Waals surface area contributed by atoms with E-state index in [9.17, 15) is 0 Å². The van der Waals surface area contributed by atoms with Gasteiger partial charge in [0.25, 0.3) is 0 Å². The predicted molar refractivity (Wildman–Crippen MR) is 55.8 cm³/mol. The van der Waals surface area contributed by atoms with Crippen molar-refractivity contribution in [3.05, 3.63) is 46.6 Å². The van der Waals surface area contributed by atoms with Crippen LogP contribution < -0.4 is 5.32 Å². The summed E-state index contributed by atoms with van der Waals surface area (Å²) in [5, 5.41) is 3.17. The number of nitrogens with one attached hydrogen (secondary N) is 1. The van der Waals surface area contributed by atoms with Crippen LogP contribution in [-0.2, 0) is 6.54 Å². The summed E-state index contributed by atoms with van der Waals surface area (Å²) in [5.74, 6) is 0. The molecule has 0 saturated heterocycles. The summed E-state index contributed by atoms with van der Waals surface area (Å²) in [6.07, 6.45) is 3.93. The van der Waals surface area contributed by atoms with Crippen molar-refractivity contribution in [3.63, 3.8) is 0 Å². The van der Waals surface area contributed by atoms with Crippen LogP contribution in [0.5, 0.6) is 0 Å². The number of hydrogen-bond donors (Lipinski definition) is 1. The van der Waals surface area contributed by atoms with Crippen LogP contribution in [0.1, 0.15) is 12.5 Å². The number of rotatable bonds is 3. The summed E-state index contributed by atoms with van der Waals surface area (Å²) in [6.45, 7) is 2.88. The number of hydrogen-bond acceptors (Lipinski definition) is 1. The van der Waals surface area contributed by atoms with Crippen LogP contribution >= 0.6 is 15.9 Å². The number of halogens is 1. The van der Waals surface area contributed by atoms with E-state index in [0.29, 0.717) is 0 Å². The minimum Gasteiger partial charge on any atom is -0.387 e. The van der Waals surface area contributed by atoms with Crippen LogP contribution in [-0.4, -0.2) is 0 Å². The molecule has 2 heteroatoms. The van der Waals surface area contributed by atoms with Crippen molar-refractivity contribution in [1.29, 1.82) is 0 Å². The highest BCUT2D eigenvalue weighted by Gasteiger charge is 1.89. The molecule has 0 heterocycles. The SMILES string of the molecule is C/C=C/NCc1ccc(Br)cc1. The summed E-state index contributed by atoms with van der Waals surface area (Å²) in [4.78, 5) is 0. The van der Waals surface area contributed by atoms with Crippen LogP contribution in [0.3, 0.4) is 0 Å². The molecule has 0 fully saturated rings. The maximum absolute atomic E-state index is 3.39. The first-order chi connectivity index (χ1) is 5.83. The molecule has 0 aliphatic heterocycles. The van der Waals surface area contributed by atoms with E-state index in [4.69, 9.17) is 0 Å². The molecule has 0 aromatic heterocycles. The fourth-order valence-electron chi connectivity index (χ4n) is 0.897. The average molecular weight is 226 g/mol. The van der Waals surface area contributed by atoms with Gasteiger partial charge in [0.1, 0.15) is 0 Å². The quantitative estimate of drug-likeness (QED) is 0.835. The third-order valence-electron chi connectivity index (χ3n) is 1.50. The zero-order chi connectivity index (χ0) is 8.81. The van der Waals surface area contributed by atoms with Gasteiger partial charge < -0.3 is 5.32 Å². The van der Waals surface area contributed by atoms with Crippen molar-refractivity contribution in [2.45, 2.75) is 13.5 Å². The van der Waals surface area contributed by atoms with Gasteiger partial charge in [-0.3, -0.25) is 0 Å². The smallest absolute Gasteiger partial charge is 0.0395 e. The Balaban J connectivity index is 2.47. The Morgan fingerprint density at radius 2 is 2.00 bits per heavy atom. The van der Waals surface area contributed by atoms with Gasteiger partial charge in [0, 0.05) is 11.0 Å². The molecule has 12 heavy (non-hydrogen) atoms. The molecule has 1 nitrogen and oxygen atoms in total. The summed E-state index contributed by atoms with van der Waals surface area (Å²) < 4.78 is 1.12. The predicted octanol–water partition coefficient (Wildman–Crippen LogP) is 3.07. The second-order valence-corrected chi connectivity index (χ2v) is 3.42. The first-order valence-corrected chi connectivity index (χ1v) is 4.71. The van der Waals surface area contributed by atoms with Crippen molar-refractivity contribution in [2.24, 2.45) is 0 Å². The lowest BCUT2D eigenvalue weighted by molar-refractivity contribution is 0.868. The Morgan fingerprint density at radius 1 is 1.33 bits per heavy atom. The maximum Gasteiger partial charge on any atom is 0.0395 e. The van der Waals surface area contributed by atoms with E-state index in [-0.39, 0.29) is 0 Å². The second-order valence-electron chi connectivity index (χ2n) is 2.51. The molecule has 0 spiro atoms. The summed E-state index contributed by atoms with van der Waals surface area (Å²) in [5.41, 5.74) is 1.29. The second kappa shape index (κ2) is 4.99. The molecule has 0 saturated carbocycles. The van der Waals surface area contributed by atoms with E-state index in [1.165, 1.54) is 5.56 Å². The van der Waals surface area contributed by atoms with Crippen molar-refractivity contribution in [3.8, 4) is 0 Å². The maximum atomic E-state index is 3.39. The molecule has 64 valence electrons. The molecule has 0 amide bonds. The topological polar surface area (TPSA) is 12.0 Å². The highest BCUT2D eigenvalue weighted by Crippen LogP contribution is 2.09. The van der Waals surface area contributed by atoms with Crippen LogP contribution in [0.4, 0.5) is 0 Å². The fraction of sp³-hybridized carbons (Fsp3) is 0.200. The van der Waals surface area contributed by atoms with Crippen LogP contribution in [0.2, 0.25) is 0 Å². The van der Waals surface area contributed by atoms with Crippen LogP contribution in [0, 0.1) is 0 Å². The van der Waals surface area contributed by atoms with Gasteiger partial charge in [-0.15, -0.1) is 0 Å². The summed E-state index contributed by atoms with van der Waals surface area (Å²) >= 11 is 3.39. The first kappa shape index (κ1) is 9.33. The standard InChI is InChI=1S/C10H12BrN/c1-2-7-12-8-9-3-5-10(11)6-4-9/h2-7,12H,8H2,1H3/b7-2+. The van der Waals surface area contributed by atoms with Gasteiger partial charge in [0.2, 0.25) is 0 Å². The van der Waals surface area contributed by atoms with Crippen molar-refractivity contribution < 1.29 is 0 Å². The molecule has 0 aliphatic rings. The summed E-state index contributed by atoms with van der Waals surface area (Å²) in [6, 6.07) is 8.29. The molecule has 0 atom stereocenters. The normalized spacial score (nSPS) is 10.5. The average Bonchev–Trinajstić information content (AvgIpc) is 2.09. The molecule has 1 rings (SSSR count). The van der Waals surface area contributed by atoms with Crippen LogP contribution in [0.25, 0.3) is 0 Å². The minimum atomic E-state index is 0.887. The monoisotopic (exact) mass is 225 g/mol. The number of benzene rings is 1. The molecule has 1 N–H and O–H groups in total. The van der Waals surface area contributed by atoms with Gasteiger partial charge in [0.05, 0.1) is 0 Å². The largest absolute Gasteiger partial charge is 0.387 e. The zero-order valence-corrected chi connectivity index (χ0v) is 8.64. The summed E-state index contributed by atoms with van der Waals surface area (Å²) in [7, 11) is 0. The van der Waals surface area contributed by atoms with Crippen molar-refractivity contribution >= 4 is 15.9 Å². The lowest BCUT2D eigenvalue weighted by atomic mass is 10.2. The highest BCUT2D eigenvalue weighted by atomic mass is 79.9. The van der Waals surface area contributed by atoms with Gasteiger partial charge in [0.15, 0.2) is 0 Å². The van der Waals surface area contributed by atoms with E-state index in [1.54, 1.807) is 0 Å². The lowest BCUT2D eigenvalue weighted by Gasteiger charge is -2.00. The van der Waals surface area contributed by atoms with E-state index < -0.39 is 0 Å². The van der Waals surface area contributed by atoms with Gasteiger partial charge >= 0.3 is 0 Å². The third-order valence-corrected chi connectivity index (χ3v) is 2.03.